The number of hydrogen-bond acceptors (Lipinski definition) is 4. The Balaban J connectivity index is 2.89. The van der Waals surface area contributed by atoms with E-state index in [1.165, 1.54) is 7.11 Å². The first-order valence-corrected chi connectivity index (χ1v) is 10.6. The smallest absolute Gasteiger partial charge is 0.200 e. The first-order chi connectivity index (χ1) is 15.3. The number of allylic oxidation sites excluding steroid dienone is 7. The van der Waals surface area contributed by atoms with Gasteiger partial charge >= 0.3 is 0 Å². The minimum atomic E-state index is -1.20. The molecule has 0 aromatic heterocycles. The summed E-state index contributed by atoms with van der Waals surface area (Å²) in [4.78, 5) is 27.5. The van der Waals surface area contributed by atoms with Crippen molar-refractivity contribution < 1.29 is 19.4 Å². The van der Waals surface area contributed by atoms with Crippen molar-refractivity contribution in [1.82, 2.24) is 0 Å². The maximum atomic E-state index is 14.1. The number of ketones is 2. The topological polar surface area (TPSA) is 63.6 Å². The van der Waals surface area contributed by atoms with Crippen LogP contribution in [-0.4, -0.2) is 23.8 Å². The molecular weight excluding hydrogens is 400 g/mol. The van der Waals surface area contributed by atoms with Gasteiger partial charge in [-0.2, -0.15) is 0 Å². The third kappa shape index (κ3) is 4.59. The van der Waals surface area contributed by atoms with Crippen LogP contribution < -0.4 is 0 Å². The summed E-state index contributed by atoms with van der Waals surface area (Å²) in [5.74, 6) is -1.10. The fourth-order valence-corrected chi connectivity index (χ4v) is 4.37. The van der Waals surface area contributed by atoms with Gasteiger partial charge in [0.25, 0.3) is 0 Å². The highest BCUT2D eigenvalue weighted by molar-refractivity contribution is 6.34. The Hall–Kier alpha value is -3.40. The summed E-state index contributed by atoms with van der Waals surface area (Å²) < 4.78 is 5.74. The lowest BCUT2D eigenvalue weighted by atomic mass is 9.63. The van der Waals surface area contributed by atoms with Crippen LogP contribution in [0, 0.1) is 11.3 Å². The van der Waals surface area contributed by atoms with Crippen molar-refractivity contribution in [1.29, 1.82) is 0 Å². The monoisotopic (exact) mass is 432 g/mol. The Morgan fingerprint density at radius 3 is 2.28 bits per heavy atom. The second-order valence-electron chi connectivity index (χ2n) is 8.10. The summed E-state index contributed by atoms with van der Waals surface area (Å²) in [6.07, 6.45) is 6.46. The fraction of sp³-hybridized carbons (Fsp3) is 0.286. The summed E-state index contributed by atoms with van der Waals surface area (Å²) in [6.45, 7) is 17.5. The average molecular weight is 433 g/mol. The molecule has 4 heteroatoms. The molecule has 0 radical (unpaired) electrons. The average Bonchev–Trinajstić information content (AvgIpc) is 2.78. The van der Waals surface area contributed by atoms with Crippen molar-refractivity contribution in [2.45, 2.75) is 32.6 Å². The highest BCUT2D eigenvalue weighted by Crippen LogP contribution is 2.50. The first-order valence-electron chi connectivity index (χ1n) is 10.6. The second-order valence-corrected chi connectivity index (χ2v) is 8.10. The molecule has 0 heterocycles. The zero-order chi connectivity index (χ0) is 23.9. The van der Waals surface area contributed by atoms with Crippen molar-refractivity contribution in [3.63, 3.8) is 0 Å². The predicted octanol–water partition coefficient (Wildman–Crippen LogP) is 6.31. The van der Waals surface area contributed by atoms with E-state index in [1.807, 2.05) is 6.92 Å². The SMILES string of the molecule is C=CCC1=C(OC)[C@](CC=C)(C[C@H](CC=C)C(=C)C)C(=O)/C(=C(\O)c2ccccc2)C1=O. The summed E-state index contributed by atoms with van der Waals surface area (Å²) in [6, 6.07) is 8.60. The third-order valence-electron chi connectivity index (χ3n) is 5.94. The highest BCUT2D eigenvalue weighted by atomic mass is 16.5. The number of carbonyl (C=O) groups is 2. The van der Waals surface area contributed by atoms with Crippen LogP contribution in [0.5, 0.6) is 0 Å². The van der Waals surface area contributed by atoms with Crippen LogP contribution in [0.1, 0.15) is 38.2 Å². The van der Waals surface area contributed by atoms with Crippen LogP contribution in [0.2, 0.25) is 0 Å². The van der Waals surface area contributed by atoms with Gasteiger partial charge in [0.05, 0.1) is 12.5 Å². The Morgan fingerprint density at radius 2 is 1.78 bits per heavy atom. The molecule has 0 aliphatic heterocycles. The Bertz CT molecular complexity index is 994. The van der Waals surface area contributed by atoms with E-state index in [1.54, 1.807) is 48.6 Å². The Labute approximate surface area is 191 Å². The van der Waals surface area contributed by atoms with Gasteiger partial charge in [-0.1, -0.05) is 60.7 Å². The number of hydrogen-bond donors (Lipinski definition) is 1. The molecule has 1 aromatic rings. The minimum absolute atomic E-state index is 0.0696. The number of ether oxygens (including phenoxy) is 1. The molecule has 168 valence electrons. The number of methoxy groups -OCH3 is 1. The van der Waals surface area contributed by atoms with Gasteiger partial charge in [0, 0.05) is 11.1 Å². The van der Waals surface area contributed by atoms with E-state index in [9.17, 15) is 14.7 Å². The number of rotatable bonds is 11. The molecule has 0 bridgehead atoms. The molecule has 1 N–H and O–H groups in total. The second kappa shape index (κ2) is 10.8. The summed E-state index contributed by atoms with van der Waals surface area (Å²) >= 11 is 0. The molecule has 2 atom stereocenters. The zero-order valence-electron chi connectivity index (χ0n) is 19.0. The lowest BCUT2D eigenvalue weighted by Crippen LogP contribution is -2.44. The molecule has 0 saturated carbocycles. The Morgan fingerprint density at radius 1 is 1.12 bits per heavy atom. The standard InChI is InChI=1S/C28H32O4/c1-7-13-21(19(4)5)18-28(17-9-3)26(31)23(24(29)20-15-11-10-12-16-20)25(30)22(14-8-2)27(28)32-6/h7-12,15-16,21,29H,1-4,13-14,17-18H2,5-6H3/b24-23-/t21-,28+/m0/s1. The normalized spacial score (nSPS) is 21.1. The first kappa shape index (κ1) is 24.9. The van der Waals surface area contributed by atoms with Crippen LogP contribution in [0.4, 0.5) is 0 Å². The minimum Gasteiger partial charge on any atom is -0.506 e. The Kier molecular flexibility index (Phi) is 8.36. The van der Waals surface area contributed by atoms with Crippen molar-refractivity contribution in [3.8, 4) is 0 Å². The molecule has 0 amide bonds. The van der Waals surface area contributed by atoms with Crippen LogP contribution >= 0.6 is 0 Å². The van der Waals surface area contributed by atoms with E-state index in [0.29, 0.717) is 29.7 Å². The van der Waals surface area contributed by atoms with E-state index in [2.05, 4.69) is 26.3 Å². The molecule has 0 fully saturated rings. The molecule has 0 spiro atoms. The lowest BCUT2D eigenvalue weighted by molar-refractivity contribution is -0.129. The van der Waals surface area contributed by atoms with E-state index < -0.39 is 17.0 Å². The van der Waals surface area contributed by atoms with Crippen molar-refractivity contribution >= 4 is 17.3 Å². The van der Waals surface area contributed by atoms with E-state index >= 15 is 0 Å². The van der Waals surface area contributed by atoms with Crippen LogP contribution in [0.15, 0.2) is 97.4 Å². The van der Waals surface area contributed by atoms with Gasteiger partial charge in [0.2, 0.25) is 0 Å². The van der Waals surface area contributed by atoms with E-state index in [0.717, 1.165) is 5.57 Å². The quantitative estimate of drug-likeness (QED) is 0.193. The van der Waals surface area contributed by atoms with Crippen LogP contribution in [0.3, 0.4) is 0 Å². The fourth-order valence-electron chi connectivity index (χ4n) is 4.37. The van der Waals surface area contributed by atoms with E-state index in [4.69, 9.17) is 4.74 Å². The van der Waals surface area contributed by atoms with Gasteiger partial charge in [-0.25, -0.2) is 0 Å². The number of carbonyl (C=O) groups excluding carboxylic acids is 2. The van der Waals surface area contributed by atoms with Gasteiger partial charge in [-0.3, -0.25) is 9.59 Å². The predicted molar refractivity (Wildman–Crippen MR) is 130 cm³/mol. The molecule has 1 aliphatic carbocycles. The summed E-state index contributed by atoms with van der Waals surface area (Å²) in [5.41, 5.74) is 0.193. The number of Topliss-reactive ketones (excluding diaryl/α,β-unsaturated/α-hetero) is 2. The maximum absolute atomic E-state index is 14.1. The van der Waals surface area contributed by atoms with Gasteiger partial charge in [-0.15, -0.1) is 19.7 Å². The molecule has 0 saturated heterocycles. The molecule has 1 aliphatic rings. The summed E-state index contributed by atoms with van der Waals surface area (Å²) in [5, 5.41) is 11.1. The largest absolute Gasteiger partial charge is 0.506 e. The number of aliphatic hydroxyl groups excluding tert-OH is 1. The molecule has 0 unspecified atom stereocenters. The summed E-state index contributed by atoms with van der Waals surface area (Å²) in [7, 11) is 1.46. The number of benzene rings is 1. The molecular formula is C28H32O4. The van der Waals surface area contributed by atoms with Gasteiger partial charge < -0.3 is 9.84 Å². The highest BCUT2D eigenvalue weighted by Gasteiger charge is 2.53. The zero-order valence-corrected chi connectivity index (χ0v) is 19.0. The number of aliphatic hydroxyl groups is 1. The van der Waals surface area contributed by atoms with Gasteiger partial charge in [0.1, 0.15) is 17.1 Å². The maximum Gasteiger partial charge on any atom is 0.200 e. The van der Waals surface area contributed by atoms with Crippen molar-refractivity contribution in [2.24, 2.45) is 11.3 Å². The van der Waals surface area contributed by atoms with Crippen LogP contribution in [0.25, 0.3) is 5.76 Å². The van der Waals surface area contributed by atoms with Crippen LogP contribution in [-0.2, 0) is 14.3 Å². The molecule has 1 aromatic carbocycles. The third-order valence-corrected chi connectivity index (χ3v) is 5.94. The molecule has 2 rings (SSSR count). The molecule has 4 nitrogen and oxygen atoms in total. The van der Waals surface area contributed by atoms with Gasteiger partial charge in [0.15, 0.2) is 11.6 Å². The van der Waals surface area contributed by atoms with Crippen molar-refractivity contribution in [2.75, 3.05) is 7.11 Å². The van der Waals surface area contributed by atoms with Crippen molar-refractivity contribution in [3.05, 3.63) is 103 Å². The molecule has 32 heavy (non-hydrogen) atoms. The lowest BCUT2D eigenvalue weighted by Gasteiger charge is -2.40. The van der Waals surface area contributed by atoms with E-state index in [-0.39, 0.29) is 30.1 Å². The van der Waals surface area contributed by atoms with Gasteiger partial charge in [-0.05, 0) is 38.5 Å².